The maximum atomic E-state index is 13.0. The molecule has 0 saturated carbocycles. The molecule has 0 amide bonds. The van der Waals surface area contributed by atoms with Crippen LogP contribution in [0.1, 0.15) is 39.0 Å². The summed E-state index contributed by atoms with van der Waals surface area (Å²) in [6.45, 7) is 0. The number of benzene rings is 2. The lowest BCUT2D eigenvalue weighted by atomic mass is 9.97. The van der Waals surface area contributed by atoms with E-state index in [1.807, 2.05) is 30.3 Å². The summed E-state index contributed by atoms with van der Waals surface area (Å²) < 4.78 is 50.4. The van der Waals surface area contributed by atoms with E-state index in [1.54, 1.807) is 18.2 Å². The molecule has 1 aliphatic heterocycles. The zero-order valence-corrected chi connectivity index (χ0v) is 15.6. The summed E-state index contributed by atoms with van der Waals surface area (Å²) >= 11 is 0.340. The van der Waals surface area contributed by atoms with Crippen LogP contribution in [0.2, 0.25) is 0 Å². The van der Waals surface area contributed by atoms with Crippen molar-refractivity contribution in [3.63, 3.8) is 0 Å². The second-order valence-electron chi connectivity index (χ2n) is 6.39. The van der Waals surface area contributed by atoms with Gasteiger partial charge in [0.1, 0.15) is 22.5 Å². The molecular formula is C20H14F3NO4S. The minimum Gasteiger partial charge on any atom is -0.485 e. The number of thiazole rings is 1. The molecule has 5 nitrogen and oxygen atoms in total. The Morgan fingerprint density at radius 1 is 1.21 bits per heavy atom. The number of nitrogens with zero attached hydrogens (tertiary/aromatic N) is 1. The Bertz CT molecular complexity index is 1050. The van der Waals surface area contributed by atoms with Crippen molar-refractivity contribution in [3.8, 4) is 16.7 Å². The van der Waals surface area contributed by atoms with Gasteiger partial charge in [0, 0.05) is 0 Å². The van der Waals surface area contributed by atoms with Crippen molar-refractivity contribution in [1.29, 1.82) is 0 Å². The summed E-state index contributed by atoms with van der Waals surface area (Å²) in [5.74, 6) is -0.751. The van der Waals surface area contributed by atoms with Gasteiger partial charge in [-0.15, -0.1) is 0 Å². The predicted molar refractivity (Wildman–Crippen MR) is 98.7 cm³/mol. The van der Waals surface area contributed by atoms with Gasteiger partial charge in [-0.3, -0.25) is 0 Å². The van der Waals surface area contributed by atoms with Gasteiger partial charge < -0.3 is 14.6 Å². The van der Waals surface area contributed by atoms with E-state index in [0.29, 0.717) is 23.5 Å². The number of aromatic carboxylic acids is 1. The normalized spacial score (nSPS) is 16.0. The molecule has 2 aromatic carbocycles. The van der Waals surface area contributed by atoms with E-state index in [4.69, 9.17) is 14.6 Å². The van der Waals surface area contributed by atoms with E-state index in [1.165, 1.54) is 0 Å². The average molecular weight is 421 g/mol. The van der Waals surface area contributed by atoms with Gasteiger partial charge in [0.05, 0.1) is 0 Å². The van der Waals surface area contributed by atoms with Crippen molar-refractivity contribution < 1.29 is 32.5 Å². The van der Waals surface area contributed by atoms with Gasteiger partial charge in [0.2, 0.25) is 0 Å². The van der Waals surface area contributed by atoms with Crippen LogP contribution in [-0.4, -0.2) is 16.1 Å². The number of aromatic nitrogens is 1. The maximum Gasteiger partial charge on any atom is 0.435 e. The average Bonchev–Trinajstić information content (AvgIpc) is 3.13. The number of carboxylic acids is 1. The first-order chi connectivity index (χ1) is 13.8. The van der Waals surface area contributed by atoms with Gasteiger partial charge in [0.15, 0.2) is 5.69 Å². The third-order valence-electron chi connectivity index (χ3n) is 4.42. The van der Waals surface area contributed by atoms with Crippen LogP contribution < -0.4 is 9.47 Å². The topological polar surface area (TPSA) is 68.7 Å². The lowest BCUT2D eigenvalue weighted by Crippen LogP contribution is -2.15. The molecule has 0 bridgehead atoms. The molecule has 1 unspecified atom stereocenters. The van der Waals surface area contributed by atoms with Gasteiger partial charge in [-0.05, 0) is 42.2 Å². The van der Waals surface area contributed by atoms with Gasteiger partial charge in [0.25, 0.3) is 5.19 Å². The number of carboxylic acid groups (broad SMARTS) is 1. The van der Waals surface area contributed by atoms with Crippen LogP contribution in [0.3, 0.4) is 0 Å². The number of fused-ring (bicyclic) bond motifs is 1. The Morgan fingerprint density at radius 3 is 2.62 bits per heavy atom. The SMILES string of the molecule is O=C(O)c1sc(Oc2ccc3c(c2)CCC(c2ccccc2)O3)nc1C(F)(F)F. The first kappa shape index (κ1) is 19.3. The third-order valence-corrected chi connectivity index (χ3v) is 5.35. The number of rotatable bonds is 4. The number of alkyl halides is 3. The lowest BCUT2D eigenvalue weighted by molar-refractivity contribution is -0.141. The zero-order valence-electron chi connectivity index (χ0n) is 14.8. The highest BCUT2D eigenvalue weighted by atomic mass is 32.1. The first-order valence-electron chi connectivity index (χ1n) is 8.65. The van der Waals surface area contributed by atoms with Crippen LogP contribution in [0, 0.1) is 0 Å². The van der Waals surface area contributed by atoms with Crippen molar-refractivity contribution >= 4 is 17.3 Å². The fraction of sp³-hybridized carbons (Fsp3) is 0.200. The van der Waals surface area contributed by atoms with E-state index < -0.39 is 22.7 Å². The van der Waals surface area contributed by atoms with Crippen molar-refractivity contribution in [1.82, 2.24) is 4.98 Å². The molecule has 1 aromatic heterocycles. The van der Waals surface area contributed by atoms with Crippen LogP contribution in [0.15, 0.2) is 48.5 Å². The highest BCUT2D eigenvalue weighted by Gasteiger charge is 2.40. The van der Waals surface area contributed by atoms with Crippen molar-refractivity contribution in [2.24, 2.45) is 0 Å². The summed E-state index contributed by atoms with van der Waals surface area (Å²) in [6.07, 6.45) is -3.49. The Hall–Kier alpha value is -3.07. The summed E-state index contributed by atoms with van der Waals surface area (Å²) in [7, 11) is 0. The van der Waals surface area contributed by atoms with E-state index in [2.05, 4.69) is 4.98 Å². The van der Waals surface area contributed by atoms with Crippen molar-refractivity contribution in [3.05, 3.63) is 70.2 Å². The van der Waals surface area contributed by atoms with Gasteiger partial charge in [-0.1, -0.05) is 41.7 Å². The molecule has 2 heterocycles. The molecule has 0 radical (unpaired) electrons. The Labute approximate surface area is 167 Å². The van der Waals surface area contributed by atoms with E-state index in [-0.39, 0.29) is 17.0 Å². The van der Waals surface area contributed by atoms with Crippen LogP contribution in [0.5, 0.6) is 16.7 Å². The second kappa shape index (κ2) is 7.40. The minimum absolute atomic E-state index is 0.0677. The lowest BCUT2D eigenvalue weighted by Gasteiger charge is -2.26. The largest absolute Gasteiger partial charge is 0.485 e. The monoisotopic (exact) mass is 421 g/mol. The Kier molecular flexibility index (Phi) is 4.91. The number of ether oxygens (including phenoxy) is 2. The fourth-order valence-electron chi connectivity index (χ4n) is 3.11. The fourth-order valence-corrected chi connectivity index (χ4v) is 3.91. The molecule has 9 heteroatoms. The molecule has 29 heavy (non-hydrogen) atoms. The van der Waals surface area contributed by atoms with Crippen molar-refractivity contribution in [2.75, 3.05) is 0 Å². The number of halogens is 3. The molecule has 0 spiro atoms. The Balaban J connectivity index is 1.54. The van der Waals surface area contributed by atoms with Crippen LogP contribution in [0.25, 0.3) is 0 Å². The van der Waals surface area contributed by atoms with E-state index in [9.17, 15) is 18.0 Å². The summed E-state index contributed by atoms with van der Waals surface area (Å²) in [5, 5.41) is 8.60. The third kappa shape index (κ3) is 4.04. The van der Waals surface area contributed by atoms with Crippen LogP contribution >= 0.6 is 11.3 Å². The van der Waals surface area contributed by atoms with Crippen LogP contribution in [-0.2, 0) is 12.6 Å². The maximum absolute atomic E-state index is 13.0. The van der Waals surface area contributed by atoms with Gasteiger partial charge in [-0.2, -0.15) is 18.2 Å². The minimum atomic E-state index is -4.87. The van der Waals surface area contributed by atoms with Crippen LogP contribution in [0.4, 0.5) is 13.2 Å². The Morgan fingerprint density at radius 2 is 1.97 bits per heavy atom. The quantitative estimate of drug-likeness (QED) is 0.584. The summed E-state index contributed by atoms with van der Waals surface area (Å²) in [5.41, 5.74) is 0.472. The predicted octanol–water partition coefficient (Wildman–Crippen LogP) is 5.72. The number of hydrogen-bond donors (Lipinski definition) is 1. The van der Waals surface area contributed by atoms with Gasteiger partial charge >= 0.3 is 12.1 Å². The molecule has 3 aromatic rings. The highest BCUT2D eigenvalue weighted by molar-refractivity contribution is 7.15. The summed E-state index contributed by atoms with van der Waals surface area (Å²) in [4.78, 5) is 13.5. The molecule has 4 rings (SSSR count). The molecule has 0 fully saturated rings. The van der Waals surface area contributed by atoms with E-state index >= 15 is 0 Å². The molecule has 1 atom stereocenters. The zero-order chi connectivity index (χ0) is 20.6. The smallest absolute Gasteiger partial charge is 0.435 e. The summed E-state index contributed by atoms with van der Waals surface area (Å²) in [6, 6.07) is 14.7. The molecule has 0 saturated heterocycles. The highest BCUT2D eigenvalue weighted by Crippen LogP contribution is 2.40. The van der Waals surface area contributed by atoms with Crippen molar-refractivity contribution in [2.45, 2.75) is 25.1 Å². The number of aryl methyl sites for hydroxylation is 1. The molecule has 0 aliphatic carbocycles. The standard InChI is InChI=1S/C20H14F3NO4S/c21-20(22,23)17-16(18(25)26)29-19(24-17)27-13-7-9-15-12(10-13)6-8-14(28-15)11-4-2-1-3-5-11/h1-5,7,9-10,14H,6,8H2,(H,25,26). The molecular weight excluding hydrogens is 407 g/mol. The van der Waals surface area contributed by atoms with Gasteiger partial charge in [-0.25, -0.2) is 4.79 Å². The molecule has 150 valence electrons. The number of carbonyl (C=O) groups is 1. The molecule has 1 N–H and O–H groups in total. The van der Waals surface area contributed by atoms with E-state index in [0.717, 1.165) is 17.5 Å². The second-order valence-corrected chi connectivity index (χ2v) is 7.35. The first-order valence-corrected chi connectivity index (χ1v) is 9.46. The molecule has 1 aliphatic rings. The number of hydrogen-bond acceptors (Lipinski definition) is 5.